The lowest BCUT2D eigenvalue weighted by Gasteiger charge is -2.37. The van der Waals surface area contributed by atoms with Crippen LogP contribution in [0.15, 0.2) is 6.07 Å². The van der Waals surface area contributed by atoms with Gasteiger partial charge >= 0.3 is 0 Å². The lowest BCUT2D eigenvalue weighted by atomic mass is 9.82. The van der Waals surface area contributed by atoms with E-state index in [1.54, 1.807) is 11.3 Å². The predicted molar refractivity (Wildman–Crippen MR) is 65.9 cm³/mol. The molecule has 1 spiro atoms. The summed E-state index contributed by atoms with van der Waals surface area (Å²) < 4.78 is 0.960. The molecule has 1 N–H and O–H groups in total. The number of hydrogen-bond acceptors (Lipinski definition) is 2. The van der Waals surface area contributed by atoms with Crippen LogP contribution < -0.4 is 5.32 Å². The van der Waals surface area contributed by atoms with Crippen molar-refractivity contribution in [3.8, 4) is 0 Å². The van der Waals surface area contributed by atoms with E-state index in [1.807, 2.05) is 0 Å². The van der Waals surface area contributed by atoms with Crippen molar-refractivity contribution in [1.82, 2.24) is 5.32 Å². The fraction of sp³-hybridized carbons (Fsp3) is 0.667. The lowest BCUT2D eigenvalue weighted by Crippen LogP contribution is -2.45. The molecule has 1 aliphatic carbocycles. The summed E-state index contributed by atoms with van der Waals surface area (Å²) in [4.78, 5) is 1.53. The maximum atomic E-state index is 6.17. The van der Waals surface area contributed by atoms with Crippen LogP contribution in [0.3, 0.4) is 0 Å². The molecule has 0 aromatic carbocycles. The summed E-state index contributed by atoms with van der Waals surface area (Å²) in [7, 11) is 0. The Morgan fingerprint density at radius 1 is 1.47 bits per heavy atom. The van der Waals surface area contributed by atoms with Crippen LogP contribution in [0, 0.1) is 0 Å². The second-order valence-electron chi connectivity index (χ2n) is 4.90. The van der Waals surface area contributed by atoms with Crippen molar-refractivity contribution in [2.24, 2.45) is 0 Å². The van der Waals surface area contributed by atoms with Gasteiger partial charge in [-0.05, 0) is 24.5 Å². The van der Waals surface area contributed by atoms with E-state index in [1.165, 1.54) is 36.1 Å². The number of fused-ring (bicyclic) bond motifs is 2. The second kappa shape index (κ2) is 3.47. The van der Waals surface area contributed by atoms with Gasteiger partial charge in [-0.15, -0.1) is 11.3 Å². The summed E-state index contributed by atoms with van der Waals surface area (Å²) in [5.74, 6) is 0.628. The summed E-state index contributed by atoms with van der Waals surface area (Å²) in [6, 6.07) is 2.20. The zero-order valence-electron chi connectivity index (χ0n) is 8.98. The van der Waals surface area contributed by atoms with Crippen LogP contribution in [0.2, 0.25) is 4.34 Å². The second-order valence-corrected chi connectivity index (χ2v) is 6.61. The van der Waals surface area contributed by atoms with E-state index in [4.69, 9.17) is 11.6 Å². The molecule has 3 heteroatoms. The average Bonchev–Trinajstić information content (AvgIpc) is 2.80. The zero-order valence-corrected chi connectivity index (χ0v) is 10.5. The van der Waals surface area contributed by atoms with Gasteiger partial charge in [-0.1, -0.05) is 31.4 Å². The normalized spacial score (nSPS) is 28.3. The minimum absolute atomic E-state index is 0.283. The summed E-state index contributed by atoms with van der Waals surface area (Å²) >= 11 is 7.95. The maximum absolute atomic E-state index is 6.17. The van der Waals surface area contributed by atoms with Gasteiger partial charge in [0.25, 0.3) is 0 Å². The van der Waals surface area contributed by atoms with Crippen molar-refractivity contribution in [2.45, 2.75) is 44.1 Å². The topological polar surface area (TPSA) is 12.0 Å². The van der Waals surface area contributed by atoms with Crippen molar-refractivity contribution in [3.05, 3.63) is 20.8 Å². The Hall–Kier alpha value is -0.0500. The summed E-state index contributed by atoms with van der Waals surface area (Å²) in [5, 5.41) is 3.76. The van der Waals surface area contributed by atoms with Crippen molar-refractivity contribution in [3.63, 3.8) is 0 Å². The Morgan fingerprint density at radius 2 is 2.20 bits per heavy atom. The standard InChI is InChI=1S/C12H16ClNS/c1-8-7-14-12(4-2-3-5-12)9-6-10(13)15-11(8)9/h6,8,14H,2-5,7H2,1H3. The fourth-order valence-electron chi connectivity index (χ4n) is 3.08. The first-order valence-electron chi connectivity index (χ1n) is 5.76. The molecule has 1 saturated carbocycles. The van der Waals surface area contributed by atoms with Gasteiger partial charge in [0.05, 0.1) is 4.34 Å². The van der Waals surface area contributed by atoms with Crippen molar-refractivity contribution in [1.29, 1.82) is 0 Å². The number of halogens is 1. The van der Waals surface area contributed by atoms with Gasteiger partial charge in [0.2, 0.25) is 0 Å². The Labute approximate surface area is 99.8 Å². The fourth-order valence-corrected chi connectivity index (χ4v) is 4.47. The Bertz CT molecular complexity index is 379. The summed E-state index contributed by atoms with van der Waals surface area (Å²) in [5.41, 5.74) is 1.79. The molecule has 82 valence electrons. The molecule has 1 nitrogen and oxygen atoms in total. The summed E-state index contributed by atoms with van der Waals surface area (Å²) in [6.45, 7) is 3.41. The van der Waals surface area contributed by atoms with E-state index in [-0.39, 0.29) is 5.54 Å². The number of hydrogen-bond donors (Lipinski definition) is 1. The molecular weight excluding hydrogens is 226 g/mol. The smallest absolute Gasteiger partial charge is 0.0934 e. The first-order valence-corrected chi connectivity index (χ1v) is 6.95. The minimum atomic E-state index is 0.283. The first-order chi connectivity index (χ1) is 7.21. The van der Waals surface area contributed by atoms with Crippen molar-refractivity contribution >= 4 is 22.9 Å². The minimum Gasteiger partial charge on any atom is -0.307 e. The Balaban J connectivity index is 2.11. The third-order valence-corrected chi connectivity index (χ3v) is 5.39. The van der Waals surface area contributed by atoms with E-state index in [0.29, 0.717) is 5.92 Å². The van der Waals surface area contributed by atoms with E-state index >= 15 is 0 Å². The average molecular weight is 242 g/mol. The summed E-state index contributed by atoms with van der Waals surface area (Å²) in [6.07, 6.45) is 5.29. The first kappa shape index (κ1) is 10.1. The molecular formula is C12H16ClNS. The molecule has 0 bridgehead atoms. The number of rotatable bonds is 0. The molecule has 2 heterocycles. The highest BCUT2D eigenvalue weighted by Gasteiger charge is 2.41. The Kier molecular flexibility index (Phi) is 2.35. The van der Waals surface area contributed by atoms with Crippen LogP contribution in [0.25, 0.3) is 0 Å². The van der Waals surface area contributed by atoms with Crippen molar-refractivity contribution < 1.29 is 0 Å². The molecule has 0 amide bonds. The highest BCUT2D eigenvalue weighted by molar-refractivity contribution is 7.16. The van der Waals surface area contributed by atoms with Crippen LogP contribution in [-0.4, -0.2) is 6.54 Å². The molecule has 1 fully saturated rings. The van der Waals surface area contributed by atoms with Crippen LogP contribution in [-0.2, 0) is 5.54 Å². The largest absolute Gasteiger partial charge is 0.307 e. The molecule has 1 aromatic rings. The van der Waals surface area contributed by atoms with Gasteiger partial charge in [0.15, 0.2) is 0 Å². The highest BCUT2D eigenvalue weighted by atomic mass is 35.5. The number of nitrogens with one attached hydrogen (secondary N) is 1. The van der Waals surface area contributed by atoms with Crippen LogP contribution in [0.5, 0.6) is 0 Å². The van der Waals surface area contributed by atoms with Gasteiger partial charge in [0.1, 0.15) is 0 Å². The predicted octanol–water partition coefficient (Wildman–Crippen LogP) is 3.88. The molecule has 1 atom stereocenters. The zero-order chi connectivity index (χ0) is 10.5. The third-order valence-electron chi connectivity index (χ3n) is 3.90. The quantitative estimate of drug-likeness (QED) is 0.727. The van der Waals surface area contributed by atoms with Gasteiger partial charge in [-0.25, -0.2) is 0 Å². The van der Waals surface area contributed by atoms with Crippen LogP contribution in [0.1, 0.15) is 49.0 Å². The van der Waals surface area contributed by atoms with Gasteiger partial charge in [-0.3, -0.25) is 0 Å². The van der Waals surface area contributed by atoms with Gasteiger partial charge in [-0.2, -0.15) is 0 Å². The Morgan fingerprint density at radius 3 is 2.93 bits per heavy atom. The van der Waals surface area contributed by atoms with E-state index < -0.39 is 0 Å². The van der Waals surface area contributed by atoms with Gasteiger partial charge in [0, 0.05) is 22.9 Å². The lowest BCUT2D eigenvalue weighted by molar-refractivity contribution is 0.311. The van der Waals surface area contributed by atoms with Crippen LogP contribution in [0.4, 0.5) is 0 Å². The molecule has 1 unspecified atom stereocenters. The molecule has 1 aliphatic heterocycles. The van der Waals surface area contributed by atoms with E-state index in [9.17, 15) is 0 Å². The monoisotopic (exact) mass is 241 g/mol. The SMILES string of the molecule is CC1CNC2(CCCC2)c2cc(Cl)sc21. The third kappa shape index (κ3) is 1.46. The highest BCUT2D eigenvalue weighted by Crippen LogP contribution is 2.48. The molecule has 3 rings (SSSR count). The van der Waals surface area contributed by atoms with Gasteiger partial charge < -0.3 is 5.32 Å². The number of thiophene rings is 1. The molecule has 2 aliphatic rings. The maximum Gasteiger partial charge on any atom is 0.0934 e. The van der Waals surface area contributed by atoms with E-state index in [0.717, 1.165) is 10.9 Å². The van der Waals surface area contributed by atoms with Crippen LogP contribution >= 0.6 is 22.9 Å². The van der Waals surface area contributed by atoms with E-state index in [2.05, 4.69) is 18.3 Å². The molecule has 15 heavy (non-hydrogen) atoms. The molecule has 0 radical (unpaired) electrons. The molecule has 1 aromatic heterocycles. The molecule has 0 saturated heterocycles. The van der Waals surface area contributed by atoms with Crippen molar-refractivity contribution in [2.75, 3.05) is 6.54 Å².